The van der Waals surface area contributed by atoms with Gasteiger partial charge in [-0.15, -0.1) is 0 Å². The summed E-state index contributed by atoms with van der Waals surface area (Å²) in [5, 5.41) is 4.58. The number of esters is 1. The summed E-state index contributed by atoms with van der Waals surface area (Å²) in [7, 11) is 0. The van der Waals surface area contributed by atoms with Crippen LogP contribution in [0.5, 0.6) is 11.5 Å². The van der Waals surface area contributed by atoms with Crippen molar-refractivity contribution >= 4 is 17.9 Å². The molecule has 1 aliphatic rings. The number of ether oxygens (including phenoxy) is 2. The highest BCUT2D eigenvalue weighted by Crippen LogP contribution is 2.44. The van der Waals surface area contributed by atoms with Crippen molar-refractivity contribution in [3.63, 3.8) is 0 Å². The first-order chi connectivity index (χ1) is 13.0. The van der Waals surface area contributed by atoms with Crippen LogP contribution >= 0.6 is 0 Å². The number of carbonyl (C=O) groups is 3. The van der Waals surface area contributed by atoms with Gasteiger partial charge in [-0.2, -0.15) is 0 Å². The summed E-state index contributed by atoms with van der Waals surface area (Å²) < 4.78 is 11.2. The van der Waals surface area contributed by atoms with E-state index in [4.69, 9.17) is 9.47 Å². The van der Waals surface area contributed by atoms with Crippen LogP contribution < -0.4 is 15.4 Å². The zero-order valence-corrected chi connectivity index (χ0v) is 15.0. The molecule has 1 aliphatic heterocycles. The van der Waals surface area contributed by atoms with Gasteiger partial charge in [-0.25, -0.2) is 4.79 Å². The topological polar surface area (TPSA) is 93.7 Å². The number of benzene rings is 2. The molecule has 140 valence electrons. The number of amides is 3. The Morgan fingerprint density at radius 3 is 2.15 bits per heavy atom. The number of rotatable bonds is 4. The lowest BCUT2D eigenvalue weighted by molar-refractivity contribution is -0.155. The van der Waals surface area contributed by atoms with E-state index in [9.17, 15) is 14.4 Å². The Labute approximate surface area is 156 Å². The molecule has 0 saturated heterocycles. The van der Waals surface area contributed by atoms with Crippen LogP contribution in [0.2, 0.25) is 0 Å². The highest BCUT2D eigenvalue weighted by Gasteiger charge is 2.35. The number of carbonyl (C=O) groups excluding carboxylic acids is 3. The Balaban J connectivity index is 1.80. The monoisotopic (exact) mass is 368 g/mol. The Bertz CT molecular complexity index is 835. The standard InChI is InChI=1S/C20H20N2O5/c1-3-21-20(25)22-18(23)12(2)26-19(24)17-13-8-4-6-10-15(13)27-16-11-7-5-9-14(16)17/h4-12,17H,3H2,1-2H3,(H2,21,22,23,25). The summed E-state index contributed by atoms with van der Waals surface area (Å²) in [4.78, 5) is 36.4. The molecule has 2 N–H and O–H groups in total. The van der Waals surface area contributed by atoms with E-state index < -0.39 is 29.9 Å². The predicted molar refractivity (Wildman–Crippen MR) is 97.6 cm³/mol. The van der Waals surface area contributed by atoms with Crippen LogP contribution in [0.3, 0.4) is 0 Å². The number of hydrogen-bond donors (Lipinski definition) is 2. The lowest BCUT2D eigenvalue weighted by atomic mass is 9.88. The molecule has 0 saturated carbocycles. The number of para-hydroxylation sites is 2. The number of urea groups is 1. The number of imide groups is 1. The first-order valence-corrected chi connectivity index (χ1v) is 8.66. The molecular weight excluding hydrogens is 348 g/mol. The summed E-state index contributed by atoms with van der Waals surface area (Å²) in [5.74, 6) is -0.860. The van der Waals surface area contributed by atoms with Crippen molar-refractivity contribution in [1.29, 1.82) is 0 Å². The van der Waals surface area contributed by atoms with E-state index in [2.05, 4.69) is 10.6 Å². The quantitative estimate of drug-likeness (QED) is 0.810. The first-order valence-electron chi connectivity index (χ1n) is 8.66. The van der Waals surface area contributed by atoms with E-state index in [-0.39, 0.29) is 0 Å². The van der Waals surface area contributed by atoms with Gasteiger partial charge in [-0.3, -0.25) is 14.9 Å². The molecule has 0 bridgehead atoms. The summed E-state index contributed by atoms with van der Waals surface area (Å²) in [5.41, 5.74) is 1.33. The van der Waals surface area contributed by atoms with Crippen LogP contribution in [0, 0.1) is 0 Å². The van der Waals surface area contributed by atoms with Crippen molar-refractivity contribution in [2.45, 2.75) is 25.9 Å². The Morgan fingerprint density at radius 2 is 1.59 bits per heavy atom. The van der Waals surface area contributed by atoms with Crippen molar-refractivity contribution in [2.75, 3.05) is 6.54 Å². The van der Waals surface area contributed by atoms with Gasteiger partial charge < -0.3 is 14.8 Å². The minimum Gasteiger partial charge on any atom is -0.457 e. The fourth-order valence-electron chi connectivity index (χ4n) is 2.88. The van der Waals surface area contributed by atoms with Gasteiger partial charge >= 0.3 is 12.0 Å². The van der Waals surface area contributed by atoms with Gasteiger partial charge in [-0.05, 0) is 26.0 Å². The molecule has 7 heteroatoms. The Hall–Kier alpha value is -3.35. The lowest BCUT2D eigenvalue weighted by Gasteiger charge is -2.27. The zero-order valence-electron chi connectivity index (χ0n) is 15.0. The summed E-state index contributed by atoms with van der Waals surface area (Å²) in [6.45, 7) is 3.53. The minimum absolute atomic E-state index is 0.378. The van der Waals surface area contributed by atoms with Gasteiger partial charge in [0, 0.05) is 17.7 Å². The zero-order chi connectivity index (χ0) is 19.4. The smallest absolute Gasteiger partial charge is 0.321 e. The molecule has 1 heterocycles. The highest BCUT2D eigenvalue weighted by atomic mass is 16.5. The summed E-state index contributed by atoms with van der Waals surface area (Å²) >= 11 is 0. The molecule has 2 aromatic carbocycles. The number of hydrogen-bond acceptors (Lipinski definition) is 5. The lowest BCUT2D eigenvalue weighted by Crippen LogP contribution is -2.45. The molecule has 0 radical (unpaired) electrons. The van der Waals surface area contributed by atoms with E-state index in [1.807, 2.05) is 24.3 Å². The highest BCUT2D eigenvalue weighted by molar-refractivity contribution is 5.97. The molecule has 3 rings (SSSR count). The van der Waals surface area contributed by atoms with Gasteiger partial charge in [0.1, 0.15) is 17.4 Å². The first kappa shape index (κ1) is 18.4. The average Bonchev–Trinajstić information content (AvgIpc) is 2.65. The SMILES string of the molecule is CCNC(=O)NC(=O)C(C)OC(=O)C1c2ccccc2Oc2ccccc21. The maximum absolute atomic E-state index is 12.9. The fourth-order valence-corrected chi connectivity index (χ4v) is 2.88. The van der Waals surface area contributed by atoms with Crippen LogP contribution in [0.1, 0.15) is 30.9 Å². The van der Waals surface area contributed by atoms with E-state index in [1.54, 1.807) is 31.2 Å². The van der Waals surface area contributed by atoms with E-state index in [1.165, 1.54) is 6.92 Å². The van der Waals surface area contributed by atoms with Crippen molar-refractivity contribution in [2.24, 2.45) is 0 Å². The third kappa shape index (κ3) is 3.92. The fraction of sp³-hybridized carbons (Fsp3) is 0.250. The second-order valence-corrected chi connectivity index (χ2v) is 6.04. The molecule has 27 heavy (non-hydrogen) atoms. The van der Waals surface area contributed by atoms with Crippen molar-refractivity contribution in [3.8, 4) is 11.5 Å². The van der Waals surface area contributed by atoms with Crippen LogP contribution in [-0.4, -0.2) is 30.6 Å². The maximum Gasteiger partial charge on any atom is 0.321 e. The largest absolute Gasteiger partial charge is 0.457 e. The van der Waals surface area contributed by atoms with Crippen LogP contribution in [0.25, 0.3) is 0 Å². The van der Waals surface area contributed by atoms with Crippen molar-refractivity contribution in [1.82, 2.24) is 10.6 Å². The third-order valence-electron chi connectivity index (χ3n) is 4.15. The summed E-state index contributed by atoms with van der Waals surface area (Å²) in [6, 6.07) is 13.7. The third-order valence-corrected chi connectivity index (χ3v) is 4.15. The number of nitrogens with one attached hydrogen (secondary N) is 2. The molecule has 2 aromatic rings. The van der Waals surface area contributed by atoms with Gasteiger partial charge in [0.15, 0.2) is 6.10 Å². The van der Waals surface area contributed by atoms with Crippen LogP contribution in [0.15, 0.2) is 48.5 Å². The predicted octanol–water partition coefficient (Wildman–Crippen LogP) is 2.70. The molecule has 3 amide bonds. The molecular formula is C20H20N2O5. The van der Waals surface area contributed by atoms with Crippen molar-refractivity contribution < 1.29 is 23.9 Å². The van der Waals surface area contributed by atoms with E-state index >= 15 is 0 Å². The molecule has 1 unspecified atom stereocenters. The van der Waals surface area contributed by atoms with E-state index in [0.717, 1.165) is 0 Å². The molecule has 0 aromatic heterocycles. The molecule has 0 aliphatic carbocycles. The van der Waals surface area contributed by atoms with Crippen LogP contribution in [-0.2, 0) is 14.3 Å². The van der Waals surface area contributed by atoms with Gasteiger partial charge in [-0.1, -0.05) is 36.4 Å². The van der Waals surface area contributed by atoms with Crippen molar-refractivity contribution in [3.05, 3.63) is 59.7 Å². The Kier molecular flexibility index (Phi) is 5.40. The van der Waals surface area contributed by atoms with E-state index in [0.29, 0.717) is 29.2 Å². The summed E-state index contributed by atoms with van der Waals surface area (Å²) in [6.07, 6.45) is -1.12. The van der Waals surface area contributed by atoms with Gasteiger partial charge in [0.2, 0.25) is 0 Å². The van der Waals surface area contributed by atoms with Gasteiger partial charge in [0.25, 0.3) is 5.91 Å². The molecule has 0 spiro atoms. The normalized spacial score (nSPS) is 13.4. The number of fused-ring (bicyclic) bond motifs is 2. The van der Waals surface area contributed by atoms with Gasteiger partial charge in [0.05, 0.1) is 0 Å². The molecule has 0 fully saturated rings. The minimum atomic E-state index is -1.12. The van der Waals surface area contributed by atoms with Crippen LogP contribution in [0.4, 0.5) is 4.79 Å². The maximum atomic E-state index is 12.9. The second-order valence-electron chi connectivity index (χ2n) is 6.04. The Morgan fingerprint density at radius 1 is 1.04 bits per heavy atom. The molecule has 1 atom stereocenters. The molecule has 7 nitrogen and oxygen atoms in total. The second kappa shape index (κ2) is 7.90. The average molecular weight is 368 g/mol.